The number of hydrogen-bond acceptors (Lipinski definition) is 7. The molecule has 0 aliphatic carbocycles. The molecule has 1 fully saturated rings. The summed E-state index contributed by atoms with van der Waals surface area (Å²) in [5.41, 5.74) is 1.04. The van der Waals surface area contributed by atoms with Crippen molar-refractivity contribution in [1.82, 2.24) is 14.9 Å². The number of Topliss-reactive ketones (excluding diaryl/α,β-unsaturated/α-hetero) is 1. The monoisotopic (exact) mass is 494 g/mol. The van der Waals surface area contributed by atoms with E-state index in [0.29, 0.717) is 38.3 Å². The summed E-state index contributed by atoms with van der Waals surface area (Å²) < 4.78 is 0.876. The highest BCUT2D eigenvalue weighted by Gasteiger charge is 2.36. The Kier molecular flexibility index (Phi) is 6.42. The minimum Gasteiger partial charge on any atom is -0.368 e. The highest BCUT2D eigenvalue weighted by molar-refractivity contribution is 7.16. The first kappa shape index (κ1) is 21.3. The number of likely N-dealkylation sites (tertiary alicyclic amines) is 1. The normalized spacial score (nSPS) is 17.8. The van der Waals surface area contributed by atoms with Gasteiger partial charge in [-0.15, -0.1) is 22.7 Å². The molecule has 0 spiro atoms. The third-order valence-corrected chi connectivity index (χ3v) is 7.44. The SMILES string of the molecule is N#CC(C(=O)c1ccccc1Cl)=C1C(c2cnc(Cl)s2)CCN1Cc1cnc(Cl)s1. The van der Waals surface area contributed by atoms with Gasteiger partial charge in [0, 0.05) is 45.9 Å². The minimum absolute atomic E-state index is 0.0748. The Bertz CT molecular complexity index is 1180. The summed E-state index contributed by atoms with van der Waals surface area (Å²) in [7, 11) is 0. The maximum atomic E-state index is 13.3. The van der Waals surface area contributed by atoms with E-state index in [9.17, 15) is 10.1 Å². The Hall–Kier alpha value is -1.95. The number of nitriles is 1. The molecular formula is C20H13Cl3N4OS2. The smallest absolute Gasteiger partial charge is 0.206 e. The largest absolute Gasteiger partial charge is 0.368 e. The zero-order valence-electron chi connectivity index (χ0n) is 15.3. The van der Waals surface area contributed by atoms with E-state index in [-0.39, 0.29) is 11.5 Å². The zero-order valence-corrected chi connectivity index (χ0v) is 19.2. The maximum Gasteiger partial charge on any atom is 0.206 e. The lowest BCUT2D eigenvalue weighted by Crippen LogP contribution is -2.21. The highest BCUT2D eigenvalue weighted by Crippen LogP contribution is 2.43. The number of nitrogens with zero attached hydrogens (tertiary/aromatic N) is 4. The van der Waals surface area contributed by atoms with E-state index in [1.807, 2.05) is 4.90 Å². The van der Waals surface area contributed by atoms with Crippen LogP contribution in [0, 0.1) is 11.3 Å². The average Bonchev–Trinajstić information content (AvgIpc) is 3.44. The quantitative estimate of drug-likeness (QED) is 0.239. The van der Waals surface area contributed by atoms with Crippen molar-refractivity contribution in [1.29, 1.82) is 5.26 Å². The number of rotatable bonds is 5. The van der Waals surface area contributed by atoms with Crippen LogP contribution in [0.2, 0.25) is 14.0 Å². The molecule has 152 valence electrons. The van der Waals surface area contributed by atoms with Crippen molar-refractivity contribution in [3.8, 4) is 6.07 Å². The van der Waals surface area contributed by atoms with Gasteiger partial charge in [-0.1, -0.05) is 46.9 Å². The lowest BCUT2D eigenvalue weighted by atomic mass is 9.95. The van der Waals surface area contributed by atoms with Gasteiger partial charge in [-0.3, -0.25) is 4.79 Å². The van der Waals surface area contributed by atoms with Crippen molar-refractivity contribution >= 4 is 63.3 Å². The van der Waals surface area contributed by atoms with Crippen LogP contribution in [0.25, 0.3) is 0 Å². The van der Waals surface area contributed by atoms with E-state index in [1.54, 1.807) is 36.7 Å². The van der Waals surface area contributed by atoms with Crippen molar-refractivity contribution in [2.75, 3.05) is 6.54 Å². The first-order valence-electron chi connectivity index (χ1n) is 8.87. The number of carbonyl (C=O) groups is 1. The fraction of sp³-hybridized carbons (Fsp3) is 0.200. The Morgan fingerprint density at radius 1 is 1.17 bits per heavy atom. The van der Waals surface area contributed by atoms with Crippen molar-refractivity contribution in [3.05, 3.63) is 77.2 Å². The molecule has 0 N–H and O–H groups in total. The first-order valence-corrected chi connectivity index (χ1v) is 11.6. The summed E-state index contributed by atoms with van der Waals surface area (Å²) in [5.74, 6) is -0.549. The van der Waals surface area contributed by atoms with Gasteiger partial charge in [0.25, 0.3) is 0 Å². The number of halogens is 3. The van der Waals surface area contributed by atoms with Gasteiger partial charge in [0.05, 0.1) is 11.6 Å². The predicted octanol–water partition coefficient (Wildman–Crippen LogP) is 6.21. The summed E-state index contributed by atoms with van der Waals surface area (Å²) in [6.07, 6.45) is 4.16. The topological polar surface area (TPSA) is 69.9 Å². The third-order valence-electron chi connectivity index (χ3n) is 4.78. The lowest BCUT2D eigenvalue weighted by molar-refractivity contribution is 0.103. The van der Waals surface area contributed by atoms with Crippen molar-refractivity contribution in [2.24, 2.45) is 0 Å². The van der Waals surface area contributed by atoms with Crippen LogP contribution in [0.15, 0.2) is 47.9 Å². The minimum atomic E-state index is -0.395. The molecular weight excluding hydrogens is 483 g/mol. The molecule has 0 bridgehead atoms. The van der Waals surface area contributed by atoms with Crippen LogP contribution in [0.4, 0.5) is 0 Å². The molecule has 1 unspecified atom stereocenters. The van der Waals surface area contributed by atoms with Gasteiger partial charge < -0.3 is 4.90 Å². The summed E-state index contributed by atoms with van der Waals surface area (Å²) in [6.45, 7) is 1.18. The number of thiazole rings is 2. The van der Waals surface area contributed by atoms with Crippen LogP contribution < -0.4 is 0 Å². The Balaban J connectivity index is 1.81. The highest BCUT2D eigenvalue weighted by atomic mass is 35.5. The molecule has 1 aromatic carbocycles. The molecule has 2 aromatic heterocycles. The molecule has 0 radical (unpaired) electrons. The van der Waals surface area contributed by atoms with Crippen molar-refractivity contribution in [3.63, 3.8) is 0 Å². The molecule has 1 saturated heterocycles. The van der Waals surface area contributed by atoms with E-state index in [0.717, 1.165) is 16.2 Å². The summed E-state index contributed by atoms with van der Waals surface area (Å²) in [5, 5.41) is 10.3. The molecule has 1 atom stereocenters. The van der Waals surface area contributed by atoms with Crippen LogP contribution in [0.5, 0.6) is 0 Å². The molecule has 3 aromatic rings. The van der Waals surface area contributed by atoms with E-state index in [4.69, 9.17) is 34.8 Å². The van der Waals surface area contributed by atoms with Gasteiger partial charge in [-0.25, -0.2) is 9.97 Å². The maximum absolute atomic E-state index is 13.3. The number of aromatic nitrogens is 2. The molecule has 1 aliphatic rings. The van der Waals surface area contributed by atoms with E-state index in [1.165, 1.54) is 22.7 Å². The molecule has 30 heavy (non-hydrogen) atoms. The van der Waals surface area contributed by atoms with Gasteiger partial charge in [0.2, 0.25) is 5.78 Å². The van der Waals surface area contributed by atoms with E-state index >= 15 is 0 Å². The van der Waals surface area contributed by atoms with Gasteiger partial charge in [-0.2, -0.15) is 5.26 Å². The van der Waals surface area contributed by atoms with Crippen molar-refractivity contribution < 1.29 is 4.79 Å². The van der Waals surface area contributed by atoms with Crippen molar-refractivity contribution in [2.45, 2.75) is 18.9 Å². The molecule has 1 aliphatic heterocycles. The van der Waals surface area contributed by atoms with Gasteiger partial charge in [0.15, 0.2) is 8.93 Å². The van der Waals surface area contributed by atoms with Crippen LogP contribution in [-0.4, -0.2) is 27.2 Å². The molecule has 5 nitrogen and oxygen atoms in total. The first-order chi connectivity index (χ1) is 14.5. The summed E-state index contributed by atoms with van der Waals surface area (Å²) in [6, 6.07) is 8.88. The fourth-order valence-corrected chi connectivity index (χ4v) is 5.82. The third kappa shape index (κ3) is 4.25. The molecule has 0 amide bonds. The number of allylic oxidation sites excluding steroid dienone is 2. The van der Waals surface area contributed by atoms with Crippen LogP contribution >= 0.6 is 57.5 Å². The summed E-state index contributed by atoms with van der Waals surface area (Å²) in [4.78, 5) is 25.4. The predicted molar refractivity (Wildman–Crippen MR) is 120 cm³/mol. The van der Waals surface area contributed by atoms with E-state index < -0.39 is 5.78 Å². The second-order valence-electron chi connectivity index (χ2n) is 6.54. The average molecular weight is 496 g/mol. The molecule has 4 rings (SSSR count). The van der Waals surface area contributed by atoms with Crippen LogP contribution in [0.3, 0.4) is 0 Å². The van der Waals surface area contributed by atoms with Gasteiger partial charge >= 0.3 is 0 Å². The number of carbonyl (C=O) groups excluding carboxylic acids is 1. The number of benzene rings is 1. The number of hydrogen-bond donors (Lipinski definition) is 0. The van der Waals surface area contributed by atoms with Crippen LogP contribution in [-0.2, 0) is 6.54 Å². The standard InChI is InChI=1S/C20H13Cl3N4OS2/c21-15-4-2-1-3-12(15)18(28)14(7-24)17-13(16-9-26-20(23)30-16)5-6-27(17)10-11-8-25-19(22)29-11/h1-4,8-9,13H,5-6,10H2. The van der Waals surface area contributed by atoms with Crippen LogP contribution in [0.1, 0.15) is 32.5 Å². The Labute approximate surface area is 196 Å². The molecule has 3 heterocycles. The second kappa shape index (κ2) is 9.04. The zero-order chi connectivity index (χ0) is 21.3. The summed E-state index contributed by atoms with van der Waals surface area (Å²) >= 11 is 21.0. The fourth-order valence-electron chi connectivity index (χ4n) is 3.51. The Morgan fingerprint density at radius 2 is 1.90 bits per heavy atom. The van der Waals surface area contributed by atoms with E-state index in [2.05, 4.69) is 16.0 Å². The molecule has 0 saturated carbocycles. The van der Waals surface area contributed by atoms with Gasteiger partial charge in [0.1, 0.15) is 11.6 Å². The molecule has 10 heteroatoms. The second-order valence-corrected chi connectivity index (χ2v) is 10.3. The number of ketones is 1. The van der Waals surface area contributed by atoms with Gasteiger partial charge in [-0.05, 0) is 18.6 Å². The lowest BCUT2D eigenvalue weighted by Gasteiger charge is -2.23. The Morgan fingerprint density at radius 3 is 2.53 bits per heavy atom.